The van der Waals surface area contributed by atoms with Gasteiger partial charge in [0.05, 0.1) is 11.7 Å². The maximum Gasteiger partial charge on any atom is 0.254 e. The second kappa shape index (κ2) is 6.09. The second-order valence-corrected chi connectivity index (χ2v) is 7.10. The monoisotopic (exact) mass is 348 g/mol. The van der Waals surface area contributed by atoms with Crippen molar-refractivity contribution in [2.75, 3.05) is 0 Å². The minimum absolute atomic E-state index is 0.128. The Morgan fingerprint density at radius 2 is 1.88 bits per heavy atom. The SMILES string of the molecule is O=C(c1cccc(-n2cccn2)c1)N1C2CCC1CC(n1cncn1)C2. The van der Waals surface area contributed by atoms with Crippen LogP contribution in [0.1, 0.15) is 42.1 Å². The zero-order valence-electron chi connectivity index (χ0n) is 14.3. The highest BCUT2D eigenvalue weighted by atomic mass is 16.2. The van der Waals surface area contributed by atoms with Crippen molar-refractivity contribution >= 4 is 5.91 Å². The zero-order valence-corrected chi connectivity index (χ0v) is 14.3. The van der Waals surface area contributed by atoms with Crippen molar-refractivity contribution in [1.82, 2.24) is 29.4 Å². The summed E-state index contributed by atoms with van der Waals surface area (Å²) in [6.45, 7) is 0. The first-order valence-corrected chi connectivity index (χ1v) is 9.06. The molecule has 26 heavy (non-hydrogen) atoms. The van der Waals surface area contributed by atoms with Gasteiger partial charge in [0, 0.05) is 30.0 Å². The van der Waals surface area contributed by atoms with Crippen LogP contribution in [0, 0.1) is 0 Å². The van der Waals surface area contributed by atoms with Crippen molar-refractivity contribution in [1.29, 1.82) is 0 Å². The molecule has 2 unspecified atom stereocenters. The maximum absolute atomic E-state index is 13.2. The number of nitrogens with zero attached hydrogens (tertiary/aromatic N) is 6. The maximum atomic E-state index is 13.2. The molecule has 2 bridgehead atoms. The minimum Gasteiger partial charge on any atom is -0.333 e. The van der Waals surface area contributed by atoms with E-state index in [0.717, 1.165) is 36.9 Å². The molecular weight excluding hydrogens is 328 g/mol. The van der Waals surface area contributed by atoms with Gasteiger partial charge in [-0.05, 0) is 49.9 Å². The van der Waals surface area contributed by atoms with Crippen molar-refractivity contribution in [2.24, 2.45) is 0 Å². The van der Waals surface area contributed by atoms with Gasteiger partial charge < -0.3 is 4.90 Å². The smallest absolute Gasteiger partial charge is 0.254 e. The van der Waals surface area contributed by atoms with Gasteiger partial charge in [-0.25, -0.2) is 14.3 Å². The van der Waals surface area contributed by atoms with E-state index < -0.39 is 0 Å². The van der Waals surface area contributed by atoms with Gasteiger partial charge in [-0.1, -0.05) is 6.07 Å². The molecule has 0 aliphatic carbocycles. The molecular formula is C19H20N6O. The van der Waals surface area contributed by atoms with Crippen LogP contribution < -0.4 is 0 Å². The highest BCUT2D eigenvalue weighted by molar-refractivity contribution is 5.95. The number of carbonyl (C=O) groups is 1. The molecule has 2 aliphatic rings. The van der Waals surface area contributed by atoms with Crippen LogP contribution in [0.2, 0.25) is 0 Å². The Bertz CT molecular complexity index is 890. The molecule has 0 spiro atoms. The van der Waals surface area contributed by atoms with E-state index in [9.17, 15) is 4.79 Å². The van der Waals surface area contributed by atoms with Crippen LogP contribution >= 0.6 is 0 Å². The van der Waals surface area contributed by atoms with E-state index in [4.69, 9.17) is 0 Å². The van der Waals surface area contributed by atoms with Crippen molar-refractivity contribution in [3.63, 3.8) is 0 Å². The molecule has 7 nitrogen and oxygen atoms in total. The molecule has 0 N–H and O–H groups in total. The molecule has 2 aromatic heterocycles. The fourth-order valence-electron chi connectivity index (χ4n) is 4.45. The molecule has 2 aliphatic heterocycles. The number of hydrogen-bond acceptors (Lipinski definition) is 4. The van der Waals surface area contributed by atoms with Gasteiger partial charge in [0.2, 0.25) is 0 Å². The fraction of sp³-hybridized carbons (Fsp3) is 0.368. The average Bonchev–Trinajstić information content (AvgIpc) is 3.42. The summed E-state index contributed by atoms with van der Waals surface area (Å²) in [4.78, 5) is 19.4. The van der Waals surface area contributed by atoms with E-state index in [1.165, 1.54) is 0 Å². The summed E-state index contributed by atoms with van der Waals surface area (Å²) in [6, 6.07) is 10.5. The van der Waals surface area contributed by atoms with E-state index in [1.807, 2.05) is 41.2 Å². The number of piperidine rings is 1. The van der Waals surface area contributed by atoms with Gasteiger partial charge in [-0.15, -0.1) is 0 Å². The number of amides is 1. The van der Waals surface area contributed by atoms with Crippen LogP contribution in [-0.2, 0) is 0 Å². The third-order valence-electron chi connectivity index (χ3n) is 5.62. The molecule has 1 aromatic carbocycles. The van der Waals surface area contributed by atoms with Crippen molar-refractivity contribution < 1.29 is 4.79 Å². The molecule has 7 heteroatoms. The van der Waals surface area contributed by atoms with E-state index in [1.54, 1.807) is 23.5 Å². The lowest BCUT2D eigenvalue weighted by Gasteiger charge is -2.39. The lowest BCUT2D eigenvalue weighted by molar-refractivity contribution is 0.0524. The molecule has 0 saturated carbocycles. The van der Waals surface area contributed by atoms with Crippen molar-refractivity contribution in [3.8, 4) is 5.69 Å². The molecule has 3 aromatic rings. The van der Waals surface area contributed by atoms with Gasteiger partial charge in [-0.2, -0.15) is 10.2 Å². The molecule has 2 fully saturated rings. The molecule has 132 valence electrons. The Morgan fingerprint density at radius 3 is 2.58 bits per heavy atom. The summed E-state index contributed by atoms with van der Waals surface area (Å²) in [7, 11) is 0. The largest absolute Gasteiger partial charge is 0.333 e. The van der Waals surface area contributed by atoms with Crippen LogP contribution in [0.25, 0.3) is 5.69 Å². The van der Waals surface area contributed by atoms with Crippen LogP contribution in [0.3, 0.4) is 0 Å². The third-order valence-corrected chi connectivity index (χ3v) is 5.62. The first kappa shape index (κ1) is 15.3. The first-order valence-electron chi connectivity index (χ1n) is 9.06. The number of fused-ring (bicyclic) bond motifs is 2. The summed E-state index contributed by atoms with van der Waals surface area (Å²) in [5.74, 6) is 0.128. The van der Waals surface area contributed by atoms with E-state index >= 15 is 0 Å². The summed E-state index contributed by atoms with van der Waals surface area (Å²) in [6.07, 6.45) is 11.0. The summed E-state index contributed by atoms with van der Waals surface area (Å²) >= 11 is 0. The molecule has 2 atom stereocenters. The lowest BCUT2D eigenvalue weighted by Crippen LogP contribution is -2.47. The highest BCUT2D eigenvalue weighted by Crippen LogP contribution is 2.41. The summed E-state index contributed by atoms with van der Waals surface area (Å²) < 4.78 is 3.73. The Balaban J connectivity index is 1.39. The van der Waals surface area contributed by atoms with Gasteiger partial charge in [-0.3, -0.25) is 4.79 Å². The Morgan fingerprint density at radius 1 is 1.04 bits per heavy atom. The number of aromatic nitrogens is 5. The highest BCUT2D eigenvalue weighted by Gasteiger charge is 2.44. The summed E-state index contributed by atoms with van der Waals surface area (Å²) in [5, 5.41) is 8.55. The van der Waals surface area contributed by atoms with Crippen LogP contribution in [0.15, 0.2) is 55.4 Å². The first-order chi connectivity index (χ1) is 12.8. The van der Waals surface area contributed by atoms with E-state index in [-0.39, 0.29) is 18.0 Å². The van der Waals surface area contributed by atoms with Gasteiger partial charge >= 0.3 is 0 Å². The van der Waals surface area contributed by atoms with Gasteiger partial charge in [0.25, 0.3) is 5.91 Å². The molecule has 0 radical (unpaired) electrons. The van der Waals surface area contributed by atoms with Gasteiger partial charge in [0.1, 0.15) is 12.7 Å². The quantitative estimate of drug-likeness (QED) is 0.729. The lowest BCUT2D eigenvalue weighted by atomic mass is 9.96. The summed E-state index contributed by atoms with van der Waals surface area (Å²) in [5.41, 5.74) is 1.64. The fourth-order valence-corrected chi connectivity index (χ4v) is 4.45. The van der Waals surface area contributed by atoms with Crippen LogP contribution in [0.5, 0.6) is 0 Å². The van der Waals surface area contributed by atoms with E-state index in [0.29, 0.717) is 6.04 Å². The predicted octanol–water partition coefficient (Wildman–Crippen LogP) is 2.47. The molecule has 4 heterocycles. The zero-order chi connectivity index (χ0) is 17.5. The second-order valence-electron chi connectivity index (χ2n) is 7.10. The predicted molar refractivity (Wildman–Crippen MR) is 94.8 cm³/mol. The third kappa shape index (κ3) is 2.51. The number of hydrogen-bond donors (Lipinski definition) is 0. The Labute approximate surface area is 151 Å². The van der Waals surface area contributed by atoms with Crippen LogP contribution in [-0.4, -0.2) is 47.4 Å². The standard InChI is InChI=1S/C19H20N6O/c26-19(14-3-1-4-15(9-14)23-8-2-7-21-23)25-16-5-6-17(25)11-18(10-16)24-13-20-12-22-24/h1-4,7-9,12-13,16-18H,5-6,10-11H2. The Kier molecular flexibility index (Phi) is 3.58. The minimum atomic E-state index is 0.128. The number of carbonyl (C=O) groups excluding carboxylic acids is 1. The topological polar surface area (TPSA) is 68.8 Å². The number of rotatable bonds is 3. The van der Waals surface area contributed by atoms with Crippen molar-refractivity contribution in [3.05, 3.63) is 60.9 Å². The molecule has 2 saturated heterocycles. The Hall–Kier alpha value is -2.96. The van der Waals surface area contributed by atoms with Crippen LogP contribution in [0.4, 0.5) is 0 Å². The molecule has 1 amide bonds. The van der Waals surface area contributed by atoms with Gasteiger partial charge in [0.15, 0.2) is 0 Å². The normalized spacial score (nSPS) is 24.8. The average molecular weight is 348 g/mol. The number of benzene rings is 1. The van der Waals surface area contributed by atoms with E-state index in [2.05, 4.69) is 20.1 Å². The molecule has 5 rings (SSSR count). The van der Waals surface area contributed by atoms with Crippen molar-refractivity contribution in [2.45, 2.75) is 43.8 Å².